The monoisotopic (exact) mass is 210 g/mol. The van der Waals surface area contributed by atoms with E-state index in [1.54, 1.807) is 0 Å². The molecule has 0 radical (unpaired) electrons. The predicted octanol–water partition coefficient (Wildman–Crippen LogP) is 1.56. The van der Waals surface area contributed by atoms with Crippen LogP contribution in [0.1, 0.15) is 12.1 Å². The number of rotatable bonds is 3. The SMILES string of the molecule is O=C(O)Cn1ncc(Cl)c1C(F)F. The zero-order valence-electron chi connectivity index (χ0n) is 6.25. The van der Waals surface area contributed by atoms with Gasteiger partial charge in [0, 0.05) is 0 Å². The Morgan fingerprint density at radius 2 is 2.38 bits per heavy atom. The van der Waals surface area contributed by atoms with Gasteiger partial charge in [0.25, 0.3) is 6.43 Å². The summed E-state index contributed by atoms with van der Waals surface area (Å²) in [6.07, 6.45) is -1.83. The van der Waals surface area contributed by atoms with Crippen LogP contribution in [0.4, 0.5) is 8.78 Å². The highest BCUT2D eigenvalue weighted by Crippen LogP contribution is 2.26. The average molecular weight is 211 g/mol. The molecule has 0 amide bonds. The smallest absolute Gasteiger partial charge is 0.325 e. The molecule has 0 saturated heterocycles. The van der Waals surface area contributed by atoms with E-state index < -0.39 is 24.6 Å². The Hall–Kier alpha value is -1.17. The molecule has 0 aromatic carbocycles. The van der Waals surface area contributed by atoms with Crippen LogP contribution in [-0.4, -0.2) is 20.9 Å². The van der Waals surface area contributed by atoms with Crippen molar-refractivity contribution < 1.29 is 18.7 Å². The molecule has 0 aliphatic rings. The van der Waals surface area contributed by atoms with Gasteiger partial charge < -0.3 is 5.11 Å². The molecular weight excluding hydrogens is 206 g/mol. The van der Waals surface area contributed by atoms with Gasteiger partial charge in [-0.25, -0.2) is 8.78 Å². The summed E-state index contributed by atoms with van der Waals surface area (Å²) in [5, 5.41) is 11.5. The van der Waals surface area contributed by atoms with Gasteiger partial charge in [-0.2, -0.15) is 5.10 Å². The third kappa shape index (κ3) is 2.15. The van der Waals surface area contributed by atoms with E-state index in [1.807, 2.05) is 0 Å². The van der Waals surface area contributed by atoms with Crippen molar-refractivity contribution in [3.8, 4) is 0 Å². The van der Waals surface area contributed by atoms with Gasteiger partial charge in [-0.15, -0.1) is 0 Å². The first-order valence-corrected chi connectivity index (χ1v) is 3.61. The molecule has 0 unspecified atom stereocenters. The first-order valence-electron chi connectivity index (χ1n) is 3.23. The lowest BCUT2D eigenvalue weighted by Crippen LogP contribution is -2.13. The van der Waals surface area contributed by atoms with Crippen molar-refractivity contribution in [1.29, 1.82) is 0 Å². The number of aliphatic carboxylic acids is 1. The zero-order valence-corrected chi connectivity index (χ0v) is 7.00. The Balaban J connectivity index is 3.00. The van der Waals surface area contributed by atoms with E-state index in [0.717, 1.165) is 6.20 Å². The van der Waals surface area contributed by atoms with Crippen molar-refractivity contribution in [2.75, 3.05) is 0 Å². The fourth-order valence-corrected chi connectivity index (χ4v) is 1.07. The number of carboxylic acids is 1. The highest BCUT2D eigenvalue weighted by molar-refractivity contribution is 6.31. The first kappa shape index (κ1) is 9.91. The number of hydrogen-bond donors (Lipinski definition) is 1. The standard InChI is InChI=1S/C6H5ClF2N2O2/c7-3-1-10-11(2-4(12)13)5(3)6(8)9/h1,6H,2H2,(H,12,13). The highest BCUT2D eigenvalue weighted by Gasteiger charge is 2.19. The number of hydrogen-bond acceptors (Lipinski definition) is 2. The van der Waals surface area contributed by atoms with E-state index in [-0.39, 0.29) is 5.02 Å². The summed E-state index contributed by atoms with van der Waals surface area (Å²) in [5.74, 6) is -1.25. The number of carboxylic acid groups (broad SMARTS) is 1. The summed E-state index contributed by atoms with van der Waals surface area (Å²) in [4.78, 5) is 10.2. The molecule has 0 bridgehead atoms. The second-order valence-electron chi connectivity index (χ2n) is 2.23. The van der Waals surface area contributed by atoms with Crippen molar-refractivity contribution in [3.63, 3.8) is 0 Å². The van der Waals surface area contributed by atoms with Gasteiger partial charge in [0.05, 0.1) is 11.2 Å². The second-order valence-corrected chi connectivity index (χ2v) is 2.64. The Morgan fingerprint density at radius 3 is 2.85 bits per heavy atom. The quantitative estimate of drug-likeness (QED) is 0.824. The van der Waals surface area contributed by atoms with Gasteiger partial charge in [0.2, 0.25) is 0 Å². The Morgan fingerprint density at radius 1 is 1.77 bits per heavy atom. The van der Waals surface area contributed by atoms with E-state index in [1.165, 1.54) is 0 Å². The van der Waals surface area contributed by atoms with Gasteiger partial charge in [0.1, 0.15) is 12.2 Å². The fourth-order valence-electron chi connectivity index (χ4n) is 0.843. The van der Waals surface area contributed by atoms with Crippen LogP contribution in [0, 0.1) is 0 Å². The summed E-state index contributed by atoms with van der Waals surface area (Å²) in [6, 6.07) is 0. The van der Waals surface area contributed by atoms with Gasteiger partial charge in [-0.1, -0.05) is 11.6 Å². The Kier molecular flexibility index (Phi) is 2.82. The molecule has 4 nitrogen and oxygen atoms in total. The number of halogens is 3. The van der Waals surface area contributed by atoms with Crippen LogP contribution in [0.3, 0.4) is 0 Å². The first-order chi connectivity index (χ1) is 6.02. The molecule has 0 saturated carbocycles. The van der Waals surface area contributed by atoms with Crippen molar-refractivity contribution in [2.45, 2.75) is 13.0 Å². The molecule has 0 aliphatic carbocycles. The third-order valence-electron chi connectivity index (χ3n) is 1.32. The van der Waals surface area contributed by atoms with Crippen LogP contribution in [0.2, 0.25) is 5.02 Å². The highest BCUT2D eigenvalue weighted by atomic mass is 35.5. The van der Waals surface area contributed by atoms with Crippen molar-refractivity contribution >= 4 is 17.6 Å². The van der Waals surface area contributed by atoms with Crippen molar-refractivity contribution in [1.82, 2.24) is 9.78 Å². The molecule has 13 heavy (non-hydrogen) atoms. The van der Waals surface area contributed by atoms with Crippen LogP contribution < -0.4 is 0 Å². The molecule has 7 heteroatoms. The number of aromatic nitrogens is 2. The maximum Gasteiger partial charge on any atom is 0.325 e. The van der Waals surface area contributed by atoms with E-state index in [0.29, 0.717) is 4.68 Å². The minimum atomic E-state index is -2.82. The summed E-state index contributed by atoms with van der Waals surface area (Å²) in [5.41, 5.74) is -0.566. The van der Waals surface area contributed by atoms with E-state index in [4.69, 9.17) is 16.7 Å². The van der Waals surface area contributed by atoms with Crippen molar-refractivity contribution in [3.05, 3.63) is 16.9 Å². The van der Waals surface area contributed by atoms with E-state index >= 15 is 0 Å². The minimum Gasteiger partial charge on any atom is -0.480 e. The predicted molar refractivity (Wildman–Crippen MR) is 39.8 cm³/mol. The second kappa shape index (κ2) is 3.69. The Bertz CT molecular complexity index is 326. The molecule has 1 aromatic heterocycles. The molecule has 1 heterocycles. The maximum absolute atomic E-state index is 12.2. The number of alkyl halides is 2. The Labute approximate surface area is 76.7 Å². The minimum absolute atomic E-state index is 0.226. The maximum atomic E-state index is 12.2. The van der Waals surface area contributed by atoms with Crippen molar-refractivity contribution in [2.24, 2.45) is 0 Å². The van der Waals surface area contributed by atoms with Crippen LogP contribution in [0.25, 0.3) is 0 Å². The van der Waals surface area contributed by atoms with E-state index in [9.17, 15) is 13.6 Å². The number of carbonyl (C=O) groups is 1. The zero-order chi connectivity index (χ0) is 10.0. The molecule has 1 rings (SSSR count). The lowest BCUT2D eigenvalue weighted by molar-refractivity contribution is -0.138. The topological polar surface area (TPSA) is 55.1 Å². The molecule has 0 spiro atoms. The lowest BCUT2D eigenvalue weighted by Gasteiger charge is -2.03. The molecule has 72 valence electrons. The third-order valence-corrected chi connectivity index (χ3v) is 1.62. The fraction of sp³-hybridized carbons (Fsp3) is 0.333. The van der Waals surface area contributed by atoms with Gasteiger partial charge in [0.15, 0.2) is 0 Å². The van der Waals surface area contributed by atoms with Gasteiger partial charge >= 0.3 is 5.97 Å². The number of nitrogens with zero attached hydrogens (tertiary/aromatic N) is 2. The average Bonchev–Trinajstić information content (AvgIpc) is 2.30. The molecule has 1 aromatic rings. The molecule has 0 atom stereocenters. The lowest BCUT2D eigenvalue weighted by atomic mass is 10.4. The van der Waals surface area contributed by atoms with Crippen LogP contribution in [0.15, 0.2) is 6.20 Å². The molecular formula is C6H5ClF2N2O2. The molecule has 0 aliphatic heterocycles. The molecule has 1 N–H and O–H groups in total. The largest absolute Gasteiger partial charge is 0.480 e. The van der Waals surface area contributed by atoms with Crippen LogP contribution >= 0.6 is 11.6 Å². The summed E-state index contributed by atoms with van der Waals surface area (Å²) < 4.78 is 25.1. The van der Waals surface area contributed by atoms with Gasteiger partial charge in [-0.3, -0.25) is 9.48 Å². The summed E-state index contributed by atoms with van der Waals surface area (Å²) >= 11 is 5.37. The molecule has 0 fully saturated rings. The van der Waals surface area contributed by atoms with Crippen LogP contribution in [-0.2, 0) is 11.3 Å². The van der Waals surface area contributed by atoms with E-state index in [2.05, 4.69) is 5.10 Å². The normalized spacial score (nSPS) is 10.8. The summed E-state index contributed by atoms with van der Waals surface area (Å²) in [7, 11) is 0. The van der Waals surface area contributed by atoms with Gasteiger partial charge in [-0.05, 0) is 0 Å². The summed E-state index contributed by atoms with van der Waals surface area (Å²) in [6.45, 7) is -0.619. The van der Waals surface area contributed by atoms with Crippen LogP contribution in [0.5, 0.6) is 0 Å².